The molecule has 1 N–H and O–H groups in total. The normalized spacial score (nSPS) is 32.2. The molecule has 0 bridgehead atoms. The summed E-state index contributed by atoms with van der Waals surface area (Å²) >= 11 is 0. The van der Waals surface area contributed by atoms with Gasteiger partial charge in [-0.3, -0.25) is 0 Å². The lowest BCUT2D eigenvalue weighted by Crippen LogP contribution is -2.47. The summed E-state index contributed by atoms with van der Waals surface area (Å²) in [4.78, 5) is 12.8. The number of rotatable bonds is 4. The van der Waals surface area contributed by atoms with Gasteiger partial charge >= 0.3 is 5.97 Å². The van der Waals surface area contributed by atoms with Crippen molar-refractivity contribution in [3.63, 3.8) is 0 Å². The average molecular weight is 400 g/mol. The van der Waals surface area contributed by atoms with E-state index >= 15 is 4.39 Å². The number of ether oxygens (including phenoxy) is 2. The van der Waals surface area contributed by atoms with Gasteiger partial charge in [-0.15, -0.1) is 0 Å². The molecule has 2 aliphatic rings. The monoisotopic (exact) mass is 400 g/mol. The van der Waals surface area contributed by atoms with Crippen molar-refractivity contribution in [1.82, 2.24) is 0 Å². The first kappa shape index (κ1) is 20.1. The number of carbonyl (C=O) groups is 1. The molecule has 5 atom stereocenters. The van der Waals surface area contributed by atoms with E-state index in [-0.39, 0.29) is 11.0 Å². The zero-order valence-corrected chi connectivity index (χ0v) is 17.7. The van der Waals surface area contributed by atoms with Crippen LogP contribution in [0.25, 0.3) is 10.8 Å². The molecule has 4 nitrogen and oxygen atoms in total. The summed E-state index contributed by atoms with van der Waals surface area (Å²) in [5, 5.41) is 12.5. The van der Waals surface area contributed by atoms with Gasteiger partial charge in [0.15, 0.2) is 0 Å². The molecule has 2 saturated carbocycles. The van der Waals surface area contributed by atoms with Crippen molar-refractivity contribution in [1.29, 1.82) is 0 Å². The fraction of sp³-hybridized carbons (Fsp3) is 0.542. The molecule has 0 aromatic heterocycles. The minimum Gasteiger partial charge on any atom is -0.497 e. The fourth-order valence-electron chi connectivity index (χ4n) is 4.97. The highest BCUT2D eigenvalue weighted by Gasteiger charge is 2.65. The molecule has 5 heteroatoms. The lowest BCUT2D eigenvalue weighted by Gasteiger charge is -2.37. The summed E-state index contributed by atoms with van der Waals surface area (Å²) < 4.78 is 26.4. The Labute approximate surface area is 171 Å². The van der Waals surface area contributed by atoms with Gasteiger partial charge in [0, 0.05) is 5.56 Å². The predicted octanol–water partition coefficient (Wildman–Crippen LogP) is 4.76. The molecule has 29 heavy (non-hydrogen) atoms. The Morgan fingerprint density at radius 1 is 1.14 bits per heavy atom. The number of hydrogen-bond acceptors (Lipinski definition) is 4. The Hall–Kier alpha value is -2.14. The van der Waals surface area contributed by atoms with Crippen LogP contribution >= 0.6 is 0 Å². The lowest BCUT2D eigenvalue weighted by molar-refractivity contribution is -0.182. The van der Waals surface area contributed by atoms with Crippen molar-refractivity contribution in [2.75, 3.05) is 7.11 Å². The molecule has 0 saturated heterocycles. The molecular formula is C24H29FO4. The Bertz CT molecular complexity index is 963. The van der Waals surface area contributed by atoms with E-state index in [1.54, 1.807) is 38.3 Å². The molecule has 0 radical (unpaired) electrons. The Kier molecular flexibility index (Phi) is 4.47. The van der Waals surface area contributed by atoms with Gasteiger partial charge in [0.1, 0.15) is 11.9 Å². The molecule has 156 valence electrons. The van der Waals surface area contributed by atoms with Gasteiger partial charge in [-0.2, -0.15) is 0 Å². The number of benzene rings is 2. The number of halogens is 1. The first-order chi connectivity index (χ1) is 13.5. The van der Waals surface area contributed by atoms with Crippen LogP contribution in [0.15, 0.2) is 36.4 Å². The van der Waals surface area contributed by atoms with Crippen LogP contribution in [0.5, 0.6) is 5.75 Å². The van der Waals surface area contributed by atoms with Crippen LogP contribution in [0.1, 0.15) is 46.1 Å². The predicted molar refractivity (Wildman–Crippen MR) is 109 cm³/mol. The lowest BCUT2D eigenvalue weighted by atomic mass is 9.83. The second-order valence-electron chi connectivity index (χ2n) is 9.66. The molecule has 2 aliphatic carbocycles. The zero-order chi connectivity index (χ0) is 21.2. The molecule has 2 aromatic rings. The molecule has 4 rings (SSSR count). The maximum absolute atomic E-state index is 15.6. The second kappa shape index (κ2) is 6.43. The van der Waals surface area contributed by atoms with Crippen LogP contribution < -0.4 is 4.74 Å². The summed E-state index contributed by atoms with van der Waals surface area (Å²) in [6.45, 7) is 7.26. The van der Waals surface area contributed by atoms with Crippen LogP contribution in [0.4, 0.5) is 4.39 Å². The third kappa shape index (κ3) is 3.29. The quantitative estimate of drug-likeness (QED) is 0.752. The van der Waals surface area contributed by atoms with E-state index in [2.05, 4.69) is 13.8 Å². The van der Waals surface area contributed by atoms with Gasteiger partial charge < -0.3 is 14.6 Å². The van der Waals surface area contributed by atoms with Crippen LogP contribution in [0.2, 0.25) is 0 Å². The minimum absolute atomic E-state index is 0.142. The molecular weight excluding hydrogens is 371 g/mol. The summed E-state index contributed by atoms with van der Waals surface area (Å²) in [5.74, 6) is 0.602. The topological polar surface area (TPSA) is 55.8 Å². The van der Waals surface area contributed by atoms with Crippen molar-refractivity contribution < 1.29 is 23.8 Å². The number of methoxy groups -OCH3 is 1. The fourth-order valence-corrected chi connectivity index (χ4v) is 4.97. The summed E-state index contributed by atoms with van der Waals surface area (Å²) in [7, 11) is 1.59. The molecule has 2 aromatic carbocycles. The molecule has 2 fully saturated rings. The van der Waals surface area contributed by atoms with E-state index in [0.717, 1.165) is 10.8 Å². The third-order valence-electron chi connectivity index (χ3n) is 7.30. The van der Waals surface area contributed by atoms with Gasteiger partial charge in [-0.25, -0.2) is 9.18 Å². The van der Waals surface area contributed by atoms with Crippen LogP contribution in [0, 0.1) is 17.3 Å². The van der Waals surface area contributed by atoms with Gasteiger partial charge in [0.05, 0.1) is 12.7 Å². The first-order valence-corrected chi connectivity index (χ1v) is 10.2. The maximum Gasteiger partial charge on any atom is 0.348 e. The van der Waals surface area contributed by atoms with E-state index < -0.39 is 23.3 Å². The van der Waals surface area contributed by atoms with Crippen molar-refractivity contribution in [2.45, 2.75) is 57.9 Å². The van der Waals surface area contributed by atoms with E-state index in [1.807, 2.05) is 12.1 Å². The third-order valence-corrected chi connectivity index (χ3v) is 7.30. The second-order valence-corrected chi connectivity index (χ2v) is 9.66. The standard InChI is InChI=1S/C24H29FO4/c1-22(2)18-12-20(23(3,27)13-19(18)22)29-21(26)24(4,25)16-8-6-15-11-17(28-5)9-7-14(15)10-16/h6-11,18-20,27H,12-13H2,1-5H3/t18-,19+,20-,23-,24+/m1/s1. The SMILES string of the molecule is COc1ccc2cc([C@](C)(F)C(=O)O[C@@H]3C[C@@H]4[C@H](C[C@@]3(C)O)C4(C)C)ccc2c1. The van der Waals surface area contributed by atoms with E-state index in [1.165, 1.54) is 6.92 Å². The number of fused-ring (bicyclic) bond motifs is 2. The number of alkyl halides is 1. The van der Waals surface area contributed by atoms with E-state index in [4.69, 9.17) is 9.47 Å². The molecule has 0 heterocycles. The summed E-state index contributed by atoms with van der Waals surface area (Å²) in [6.07, 6.45) is 0.450. The van der Waals surface area contributed by atoms with Crippen LogP contribution in [0.3, 0.4) is 0 Å². The molecule has 0 amide bonds. The zero-order valence-electron chi connectivity index (χ0n) is 17.7. The molecule has 0 spiro atoms. The molecule has 0 aliphatic heterocycles. The Morgan fingerprint density at radius 2 is 1.79 bits per heavy atom. The maximum atomic E-state index is 15.6. The first-order valence-electron chi connectivity index (χ1n) is 10.2. The smallest absolute Gasteiger partial charge is 0.348 e. The van der Waals surface area contributed by atoms with Crippen molar-refractivity contribution >= 4 is 16.7 Å². The van der Waals surface area contributed by atoms with Gasteiger partial charge in [0.25, 0.3) is 0 Å². The minimum atomic E-state index is -2.31. The van der Waals surface area contributed by atoms with E-state index in [9.17, 15) is 9.90 Å². The highest BCUT2D eigenvalue weighted by atomic mass is 19.1. The summed E-state index contributed by atoms with van der Waals surface area (Å²) in [6, 6.07) is 10.5. The van der Waals surface area contributed by atoms with E-state index in [0.29, 0.717) is 30.4 Å². The van der Waals surface area contributed by atoms with Crippen LogP contribution in [-0.2, 0) is 15.2 Å². The van der Waals surface area contributed by atoms with Crippen molar-refractivity contribution in [2.24, 2.45) is 17.3 Å². The summed E-state index contributed by atoms with van der Waals surface area (Å²) in [5.41, 5.74) is -3.06. The van der Waals surface area contributed by atoms with Crippen molar-refractivity contribution in [3.05, 3.63) is 42.0 Å². The van der Waals surface area contributed by atoms with Gasteiger partial charge in [0.2, 0.25) is 5.67 Å². The Balaban J connectivity index is 1.55. The largest absolute Gasteiger partial charge is 0.497 e. The number of carbonyl (C=O) groups excluding carboxylic acids is 1. The highest BCUT2D eigenvalue weighted by molar-refractivity contribution is 5.88. The van der Waals surface area contributed by atoms with Gasteiger partial charge in [-0.05, 0) is 72.9 Å². The highest BCUT2D eigenvalue weighted by Crippen LogP contribution is 2.66. The van der Waals surface area contributed by atoms with Crippen LogP contribution in [-0.4, -0.2) is 29.9 Å². The Morgan fingerprint density at radius 3 is 2.48 bits per heavy atom. The van der Waals surface area contributed by atoms with Gasteiger partial charge in [-0.1, -0.05) is 32.0 Å². The number of aliphatic hydroxyl groups is 1. The average Bonchev–Trinajstić information content (AvgIpc) is 3.18. The number of hydrogen-bond donors (Lipinski definition) is 1. The number of esters is 1. The molecule has 0 unspecified atom stereocenters. The van der Waals surface area contributed by atoms with Crippen molar-refractivity contribution in [3.8, 4) is 5.75 Å².